The molecule has 2 nitrogen and oxygen atoms in total. The minimum Gasteiger partial charge on any atom is -0.497 e. The van der Waals surface area contributed by atoms with Crippen LogP contribution in [0.25, 0.3) is 0 Å². The molecule has 1 aliphatic rings. The van der Waals surface area contributed by atoms with Crippen molar-refractivity contribution in [3.05, 3.63) is 29.8 Å². The van der Waals surface area contributed by atoms with Crippen LogP contribution in [0.15, 0.2) is 24.3 Å². The van der Waals surface area contributed by atoms with Gasteiger partial charge in [0.15, 0.2) is 0 Å². The van der Waals surface area contributed by atoms with Gasteiger partial charge in [-0.05, 0) is 30.5 Å². The molecule has 0 amide bonds. The lowest BCUT2D eigenvalue weighted by Gasteiger charge is -2.14. The lowest BCUT2D eigenvalue weighted by molar-refractivity contribution is 0.414. The zero-order valence-electron chi connectivity index (χ0n) is 8.12. The fraction of sp³-hybridized carbons (Fsp3) is 0.364. The summed E-state index contributed by atoms with van der Waals surface area (Å²) in [7, 11) is 1.67. The molecule has 1 fully saturated rings. The van der Waals surface area contributed by atoms with Crippen molar-refractivity contribution in [3.8, 4) is 5.75 Å². The van der Waals surface area contributed by atoms with E-state index in [0.717, 1.165) is 18.6 Å². The Bertz CT molecular complexity index is 371. The third-order valence-electron chi connectivity index (χ3n) is 2.84. The summed E-state index contributed by atoms with van der Waals surface area (Å²) in [4.78, 5) is 0.603. The quantitative estimate of drug-likeness (QED) is 0.770. The highest BCUT2D eigenvalue weighted by Gasteiger charge is 2.47. The first-order valence-electron chi connectivity index (χ1n) is 4.63. The van der Waals surface area contributed by atoms with E-state index in [1.165, 1.54) is 5.56 Å². The van der Waals surface area contributed by atoms with E-state index in [1.807, 2.05) is 18.2 Å². The Hall–Kier alpha value is -1.09. The number of hydrogen-bond acceptors (Lipinski definition) is 2. The average Bonchev–Trinajstić information content (AvgIpc) is 2.98. The number of nitrogens with two attached hydrogens (primary N) is 1. The Morgan fingerprint density at radius 3 is 2.71 bits per heavy atom. The molecule has 0 atom stereocenters. The van der Waals surface area contributed by atoms with Gasteiger partial charge in [-0.1, -0.05) is 24.4 Å². The molecule has 0 unspecified atom stereocenters. The second-order valence-electron chi connectivity index (χ2n) is 3.68. The Morgan fingerprint density at radius 1 is 1.50 bits per heavy atom. The van der Waals surface area contributed by atoms with Crippen molar-refractivity contribution in [1.29, 1.82) is 0 Å². The molecule has 1 aromatic carbocycles. The second kappa shape index (κ2) is 3.24. The summed E-state index contributed by atoms with van der Waals surface area (Å²) in [5, 5.41) is 0. The first kappa shape index (κ1) is 9.46. The maximum Gasteiger partial charge on any atom is 0.119 e. The summed E-state index contributed by atoms with van der Waals surface area (Å²) in [5.74, 6) is 0.866. The fourth-order valence-corrected chi connectivity index (χ4v) is 2.05. The minimum atomic E-state index is -0.0378. The molecule has 0 bridgehead atoms. The maximum absolute atomic E-state index is 5.75. The molecule has 3 heteroatoms. The molecule has 74 valence electrons. The first-order valence-corrected chi connectivity index (χ1v) is 5.04. The molecule has 0 heterocycles. The van der Waals surface area contributed by atoms with E-state index < -0.39 is 0 Å². The zero-order valence-corrected chi connectivity index (χ0v) is 8.93. The molecule has 0 aliphatic heterocycles. The van der Waals surface area contributed by atoms with Gasteiger partial charge in [0.25, 0.3) is 0 Å². The summed E-state index contributed by atoms with van der Waals surface area (Å²) in [5.41, 5.74) is 6.89. The largest absolute Gasteiger partial charge is 0.497 e. The van der Waals surface area contributed by atoms with E-state index >= 15 is 0 Å². The summed E-state index contributed by atoms with van der Waals surface area (Å²) < 4.78 is 5.17. The van der Waals surface area contributed by atoms with E-state index in [4.69, 9.17) is 22.7 Å². The molecule has 1 aliphatic carbocycles. The molecule has 1 saturated carbocycles. The summed E-state index contributed by atoms with van der Waals surface area (Å²) >= 11 is 5.09. The van der Waals surface area contributed by atoms with Gasteiger partial charge in [-0.2, -0.15) is 0 Å². The molecule has 0 aromatic heterocycles. The molecule has 2 N–H and O–H groups in total. The Kier molecular flexibility index (Phi) is 2.19. The highest BCUT2D eigenvalue weighted by Crippen LogP contribution is 2.48. The minimum absolute atomic E-state index is 0.0378. The van der Waals surface area contributed by atoms with Crippen LogP contribution in [-0.2, 0) is 5.41 Å². The summed E-state index contributed by atoms with van der Waals surface area (Å²) in [6.45, 7) is 0. The SMILES string of the molecule is COc1cccc(C2(C(N)=S)CC2)c1. The lowest BCUT2D eigenvalue weighted by atomic mass is 9.96. The molecule has 0 spiro atoms. The van der Waals surface area contributed by atoms with Crippen LogP contribution >= 0.6 is 12.2 Å². The van der Waals surface area contributed by atoms with Crippen LogP contribution in [0.1, 0.15) is 18.4 Å². The Labute approximate surface area is 89.1 Å². The zero-order chi connectivity index (χ0) is 10.2. The van der Waals surface area contributed by atoms with Crippen molar-refractivity contribution in [3.63, 3.8) is 0 Å². The summed E-state index contributed by atoms with van der Waals surface area (Å²) in [6.07, 6.45) is 2.13. The van der Waals surface area contributed by atoms with Gasteiger partial charge in [0, 0.05) is 5.41 Å². The fourth-order valence-electron chi connectivity index (χ4n) is 1.72. The molecule has 0 saturated heterocycles. The number of ether oxygens (including phenoxy) is 1. The lowest BCUT2D eigenvalue weighted by Crippen LogP contribution is -2.26. The van der Waals surface area contributed by atoms with Gasteiger partial charge in [0.1, 0.15) is 5.75 Å². The van der Waals surface area contributed by atoms with Crippen LogP contribution in [0, 0.1) is 0 Å². The highest BCUT2D eigenvalue weighted by molar-refractivity contribution is 7.80. The maximum atomic E-state index is 5.75. The van der Waals surface area contributed by atoms with Crippen molar-refractivity contribution in [2.75, 3.05) is 7.11 Å². The number of benzene rings is 1. The van der Waals surface area contributed by atoms with Gasteiger partial charge in [-0.25, -0.2) is 0 Å². The molecule has 14 heavy (non-hydrogen) atoms. The van der Waals surface area contributed by atoms with Crippen LogP contribution in [0.3, 0.4) is 0 Å². The molecular weight excluding hydrogens is 194 g/mol. The van der Waals surface area contributed by atoms with Gasteiger partial charge in [-0.3, -0.25) is 0 Å². The molecule has 0 radical (unpaired) electrons. The van der Waals surface area contributed by atoms with Crippen LogP contribution < -0.4 is 10.5 Å². The van der Waals surface area contributed by atoms with E-state index in [1.54, 1.807) is 7.11 Å². The molecule has 2 rings (SSSR count). The third-order valence-corrected chi connectivity index (χ3v) is 3.23. The van der Waals surface area contributed by atoms with E-state index in [-0.39, 0.29) is 5.41 Å². The van der Waals surface area contributed by atoms with Crippen molar-refractivity contribution in [2.24, 2.45) is 5.73 Å². The van der Waals surface area contributed by atoms with Crippen molar-refractivity contribution in [2.45, 2.75) is 18.3 Å². The van der Waals surface area contributed by atoms with Gasteiger partial charge in [-0.15, -0.1) is 0 Å². The predicted octanol–water partition coefficient (Wildman–Crippen LogP) is 2.01. The standard InChI is InChI=1S/C11H13NOS/c1-13-9-4-2-3-8(7-9)11(5-6-11)10(12)14/h2-4,7H,5-6H2,1H3,(H2,12,14). The number of rotatable bonds is 3. The summed E-state index contributed by atoms with van der Waals surface area (Å²) in [6, 6.07) is 7.99. The molecular formula is C11H13NOS. The van der Waals surface area contributed by atoms with Crippen LogP contribution in [0.5, 0.6) is 5.75 Å². The van der Waals surface area contributed by atoms with Crippen molar-refractivity contribution in [1.82, 2.24) is 0 Å². The van der Waals surface area contributed by atoms with Crippen molar-refractivity contribution >= 4 is 17.2 Å². The molecule has 1 aromatic rings. The smallest absolute Gasteiger partial charge is 0.119 e. The topological polar surface area (TPSA) is 35.2 Å². The Balaban J connectivity index is 2.37. The number of thiocarbonyl (C=S) groups is 1. The van der Waals surface area contributed by atoms with E-state index in [9.17, 15) is 0 Å². The number of hydrogen-bond donors (Lipinski definition) is 1. The predicted molar refractivity (Wildman–Crippen MR) is 60.7 cm³/mol. The van der Waals surface area contributed by atoms with Gasteiger partial charge in [0.2, 0.25) is 0 Å². The van der Waals surface area contributed by atoms with Crippen LogP contribution in [-0.4, -0.2) is 12.1 Å². The van der Waals surface area contributed by atoms with Gasteiger partial charge < -0.3 is 10.5 Å². The van der Waals surface area contributed by atoms with E-state index in [0.29, 0.717) is 4.99 Å². The van der Waals surface area contributed by atoms with Crippen molar-refractivity contribution < 1.29 is 4.74 Å². The average molecular weight is 207 g/mol. The first-order chi connectivity index (χ1) is 6.69. The highest BCUT2D eigenvalue weighted by atomic mass is 32.1. The normalized spacial score (nSPS) is 17.5. The van der Waals surface area contributed by atoms with E-state index in [2.05, 4.69) is 6.07 Å². The Morgan fingerprint density at radius 2 is 2.21 bits per heavy atom. The monoisotopic (exact) mass is 207 g/mol. The number of methoxy groups -OCH3 is 1. The van der Waals surface area contributed by atoms with Crippen LogP contribution in [0.2, 0.25) is 0 Å². The van der Waals surface area contributed by atoms with Gasteiger partial charge >= 0.3 is 0 Å². The third kappa shape index (κ3) is 1.38. The van der Waals surface area contributed by atoms with Crippen LogP contribution in [0.4, 0.5) is 0 Å². The van der Waals surface area contributed by atoms with Gasteiger partial charge in [0.05, 0.1) is 12.1 Å². The second-order valence-corrected chi connectivity index (χ2v) is 4.12.